The fourth-order valence-corrected chi connectivity index (χ4v) is 2.04. The normalized spacial score (nSPS) is 10.7. The maximum Gasteiger partial charge on any atom is 0.364 e. The molecule has 1 aromatic carbocycles. The molecule has 20 heavy (non-hydrogen) atoms. The highest BCUT2D eigenvalue weighted by atomic mass is 16.6. The molecule has 108 valence electrons. The van der Waals surface area contributed by atoms with Crippen molar-refractivity contribution < 1.29 is 4.84 Å². The van der Waals surface area contributed by atoms with Crippen molar-refractivity contribution in [3.63, 3.8) is 0 Å². The van der Waals surface area contributed by atoms with Gasteiger partial charge in [-0.1, -0.05) is 17.3 Å². The second kappa shape index (κ2) is 5.40. The summed E-state index contributed by atoms with van der Waals surface area (Å²) in [5, 5.41) is 3.95. The Morgan fingerprint density at radius 1 is 1.30 bits per heavy atom. The van der Waals surface area contributed by atoms with E-state index in [1.807, 2.05) is 46.0 Å². The Balaban J connectivity index is 2.42. The number of rotatable bonds is 4. The zero-order valence-electron chi connectivity index (χ0n) is 12.5. The summed E-state index contributed by atoms with van der Waals surface area (Å²) in [6.45, 7) is 6.09. The first-order valence-electron chi connectivity index (χ1n) is 6.46. The van der Waals surface area contributed by atoms with Gasteiger partial charge in [0.1, 0.15) is 6.61 Å². The molecule has 0 aliphatic rings. The maximum absolute atomic E-state index is 12.0. The first kappa shape index (κ1) is 14.2. The molecule has 0 bridgehead atoms. The van der Waals surface area contributed by atoms with Crippen molar-refractivity contribution in [1.29, 1.82) is 0 Å². The minimum Gasteiger partial charge on any atom is -0.391 e. The van der Waals surface area contributed by atoms with Crippen molar-refractivity contribution >= 4 is 5.71 Å². The highest BCUT2D eigenvalue weighted by Gasteiger charge is 2.16. The van der Waals surface area contributed by atoms with Crippen molar-refractivity contribution in [3.05, 3.63) is 39.8 Å². The number of aryl methyl sites for hydroxylation is 1. The van der Waals surface area contributed by atoms with Gasteiger partial charge in [0.2, 0.25) is 0 Å². The average molecular weight is 276 g/mol. The topological polar surface area (TPSA) is 53.5 Å². The second-order valence-corrected chi connectivity index (χ2v) is 4.99. The Kier molecular flexibility index (Phi) is 3.83. The summed E-state index contributed by atoms with van der Waals surface area (Å²) in [6, 6.07) is 5.84. The Morgan fingerprint density at radius 3 is 2.60 bits per heavy atom. The number of benzene rings is 1. The number of nitrogens with zero attached hydrogens (tertiary/aromatic N) is 4. The average Bonchev–Trinajstić information content (AvgIpc) is 2.41. The summed E-state index contributed by atoms with van der Waals surface area (Å²) in [5.74, 6) is 0. The van der Waals surface area contributed by atoms with E-state index in [-0.39, 0.29) is 5.69 Å². The van der Waals surface area contributed by atoms with E-state index in [1.165, 1.54) is 0 Å². The largest absolute Gasteiger partial charge is 0.391 e. The third-order valence-electron chi connectivity index (χ3n) is 3.25. The summed E-state index contributed by atoms with van der Waals surface area (Å²) in [5.41, 5.74) is 3.67. The van der Waals surface area contributed by atoms with Crippen molar-refractivity contribution in [3.8, 4) is 5.69 Å². The van der Waals surface area contributed by atoms with E-state index >= 15 is 0 Å². The van der Waals surface area contributed by atoms with E-state index in [1.54, 1.807) is 21.2 Å². The molecule has 0 amide bonds. The fourth-order valence-electron chi connectivity index (χ4n) is 2.04. The first-order chi connectivity index (χ1) is 9.43. The number of hydrogen-bond donors (Lipinski definition) is 0. The summed E-state index contributed by atoms with van der Waals surface area (Å²) >= 11 is 0. The van der Waals surface area contributed by atoms with Crippen molar-refractivity contribution in [2.24, 2.45) is 19.3 Å². The molecule has 0 N–H and O–H groups in total. The fraction of sp³-hybridized carbons (Fsp3) is 0.429. The molecule has 0 aliphatic carbocycles. The molecule has 0 fully saturated rings. The monoisotopic (exact) mass is 276 g/mol. The third kappa shape index (κ3) is 2.41. The molecular formula is C14H20N4O2. The van der Waals surface area contributed by atoms with Gasteiger partial charge in [0.05, 0.1) is 11.4 Å². The van der Waals surface area contributed by atoms with Crippen LogP contribution in [0.1, 0.15) is 25.0 Å². The van der Waals surface area contributed by atoms with Crippen LogP contribution in [0.4, 0.5) is 0 Å². The van der Waals surface area contributed by atoms with Gasteiger partial charge in [0.15, 0.2) is 0 Å². The maximum atomic E-state index is 12.0. The lowest BCUT2D eigenvalue weighted by Crippen LogP contribution is -2.47. The van der Waals surface area contributed by atoms with Crippen LogP contribution < -0.4 is 5.69 Å². The molecule has 2 aromatic rings. The minimum absolute atomic E-state index is 0.0606. The molecule has 0 atom stereocenters. The molecule has 0 spiro atoms. The highest BCUT2D eigenvalue weighted by Crippen LogP contribution is 2.19. The van der Waals surface area contributed by atoms with Crippen LogP contribution in [0, 0.1) is 6.92 Å². The molecule has 0 radical (unpaired) electrons. The van der Waals surface area contributed by atoms with Crippen molar-refractivity contribution in [2.75, 3.05) is 0 Å². The molecule has 6 heteroatoms. The third-order valence-corrected chi connectivity index (χ3v) is 3.25. The van der Waals surface area contributed by atoms with Crippen LogP contribution >= 0.6 is 0 Å². The Hall–Kier alpha value is -2.24. The lowest BCUT2D eigenvalue weighted by atomic mass is 10.1. The standard InChI is InChI=1S/C14H20N4O2/c1-10(2)15-20-9-12-11(3)7-6-8-13(12)18-14(19)16(4)17(18)5/h6-8H,9H2,1-5H3. The van der Waals surface area contributed by atoms with E-state index in [2.05, 4.69) is 5.16 Å². The van der Waals surface area contributed by atoms with Crippen LogP contribution in [-0.4, -0.2) is 19.9 Å². The first-order valence-corrected chi connectivity index (χ1v) is 6.46. The highest BCUT2D eigenvalue weighted by molar-refractivity contribution is 5.78. The minimum atomic E-state index is -0.0606. The molecular weight excluding hydrogens is 256 g/mol. The Bertz CT molecular complexity index is 699. The van der Waals surface area contributed by atoms with Crippen LogP contribution in [0.25, 0.3) is 5.69 Å². The molecule has 1 aromatic heterocycles. The molecule has 6 nitrogen and oxygen atoms in total. The lowest BCUT2D eigenvalue weighted by molar-refractivity contribution is 0.129. The predicted octanol–water partition coefficient (Wildman–Crippen LogP) is 1.74. The van der Waals surface area contributed by atoms with E-state index in [0.717, 1.165) is 22.5 Å². The Labute approximate surface area is 117 Å². The van der Waals surface area contributed by atoms with Gasteiger partial charge < -0.3 is 4.84 Å². The van der Waals surface area contributed by atoms with E-state index in [9.17, 15) is 4.79 Å². The summed E-state index contributed by atoms with van der Waals surface area (Å²) in [6.07, 6.45) is 0. The zero-order valence-corrected chi connectivity index (χ0v) is 12.5. The van der Waals surface area contributed by atoms with Crippen LogP contribution in [0.2, 0.25) is 0 Å². The zero-order chi connectivity index (χ0) is 14.9. The molecule has 2 rings (SSSR count). The number of aromatic nitrogens is 3. The molecule has 1 heterocycles. The van der Waals surface area contributed by atoms with Crippen LogP contribution in [-0.2, 0) is 25.5 Å². The summed E-state index contributed by atoms with van der Waals surface area (Å²) < 4.78 is 3.16. The quantitative estimate of drug-likeness (QED) is 0.631. The molecule has 0 saturated carbocycles. The van der Waals surface area contributed by atoms with Gasteiger partial charge >= 0.3 is 5.69 Å². The Morgan fingerprint density at radius 2 is 2.00 bits per heavy atom. The smallest absolute Gasteiger partial charge is 0.364 e. The van der Waals surface area contributed by atoms with Gasteiger partial charge in [-0.15, -0.1) is 0 Å². The molecule has 0 unspecified atom stereocenters. The second-order valence-electron chi connectivity index (χ2n) is 4.99. The van der Waals surface area contributed by atoms with Crippen molar-refractivity contribution in [2.45, 2.75) is 27.4 Å². The van der Waals surface area contributed by atoms with Crippen molar-refractivity contribution in [1.82, 2.24) is 14.2 Å². The molecule has 0 aliphatic heterocycles. The molecule has 0 saturated heterocycles. The van der Waals surface area contributed by atoms with Gasteiger partial charge in [-0.3, -0.25) is 0 Å². The van der Waals surface area contributed by atoms with Crippen LogP contribution in [0.5, 0.6) is 0 Å². The van der Waals surface area contributed by atoms with Gasteiger partial charge in [0.25, 0.3) is 0 Å². The van der Waals surface area contributed by atoms with E-state index < -0.39 is 0 Å². The number of oxime groups is 1. The van der Waals surface area contributed by atoms with Crippen LogP contribution in [0.3, 0.4) is 0 Å². The van der Waals surface area contributed by atoms with E-state index in [0.29, 0.717) is 6.61 Å². The number of hydrogen-bond acceptors (Lipinski definition) is 3. The van der Waals surface area contributed by atoms with Gasteiger partial charge in [-0.25, -0.2) is 14.3 Å². The van der Waals surface area contributed by atoms with Gasteiger partial charge in [-0.2, -0.15) is 4.68 Å². The van der Waals surface area contributed by atoms with Gasteiger partial charge in [0, 0.05) is 19.7 Å². The summed E-state index contributed by atoms with van der Waals surface area (Å²) in [7, 11) is 3.57. The SMILES string of the molecule is CC(C)=NOCc1c(C)cccc1-n1c(=O)n(C)n1C. The predicted molar refractivity (Wildman–Crippen MR) is 78.3 cm³/mol. The van der Waals surface area contributed by atoms with Crippen LogP contribution in [0.15, 0.2) is 28.1 Å². The van der Waals surface area contributed by atoms with Gasteiger partial charge in [-0.05, 0) is 32.4 Å². The lowest BCUT2D eigenvalue weighted by Gasteiger charge is -2.23. The van der Waals surface area contributed by atoms with E-state index in [4.69, 9.17) is 4.84 Å². The summed E-state index contributed by atoms with van der Waals surface area (Å²) in [4.78, 5) is 19.1.